The minimum atomic E-state index is -0.531. The van der Waals surface area contributed by atoms with Crippen LogP contribution in [0.3, 0.4) is 0 Å². The van der Waals surface area contributed by atoms with Gasteiger partial charge in [-0.2, -0.15) is 0 Å². The Morgan fingerprint density at radius 3 is 2.70 bits per heavy atom. The summed E-state index contributed by atoms with van der Waals surface area (Å²) in [6, 6.07) is 2.54. The van der Waals surface area contributed by atoms with Gasteiger partial charge in [0.2, 0.25) is 5.91 Å². The molecule has 1 aliphatic heterocycles. The van der Waals surface area contributed by atoms with Gasteiger partial charge in [0.15, 0.2) is 0 Å². The number of rotatable bonds is 4. The van der Waals surface area contributed by atoms with Crippen molar-refractivity contribution in [2.45, 2.75) is 31.7 Å². The molecule has 0 bridgehead atoms. The first-order chi connectivity index (χ1) is 11.0. The quantitative estimate of drug-likeness (QED) is 0.838. The number of anilines is 1. The summed E-state index contributed by atoms with van der Waals surface area (Å²) >= 11 is 3.23. The average Bonchev–Trinajstić information content (AvgIpc) is 3.34. The highest BCUT2D eigenvalue weighted by Crippen LogP contribution is 2.30. The fourth-order valence-electron chi connectivity index (χ4n) is 2.54. The third-order valence-corrected chi connectivity index (χ3v) is 4.62. The molecule has 2 amide bonds. The molecule has 0 radical (unpaired) electrons. The Hall–Kier alpha value is -1.47. The number of carbonyl (C=O) groups is 2. The predicted molar refractivity (Wildman–Crippen MR) is 86.8 cm³/mol. The van der Waals surface area contributed by atoms with Gasteiger partial charge >= 0.3 is 0 Å². The minimum absolute atomic E-state index is 0.133. The molecule has 0 spiro atoms. The Balaban J connectivity index is 1.81. The fourth-order valence-corrected chi connectivity index (χ4v) is 3.07. The van der Waals surface area contributed by atoms with Crippen LogP contribution in [0.15, 0.2) is 16.6 Å². The molecule has 7 heteroatoms. The highest BCUT2D eigenvalue weighted by Gasteiger charge is 2.28. The number of nitrogens with one attached hydrogen (secondary N) is 2. The van der Waals surface area contributed by atoms with Gasteiger partial charge in [0.05, 0.1) is 23.8 Å². The van der Waals surface area contributed by atoms with E-state index in [1.54, 1.807) is 0 Å². The van der Waals surface area contributed by atoms with Crippen molar-refractivity contribution >= 4 is 33.4 Å². The van der Waals surface area contributed by atoms with Crippen LogP contribution in [0.5, 0.6) is 0 Å². The van der Waals surface area contributed by atoms with E-state index < -0.39 is 5.82 Å². The van der Waals surface area contributed by atoms with E-state index >= 15 is 0 Å². The number of hydrogen-bond acceptors (Lipinski definition) is 3. The van der Waals surface area contributed by atoms with Gasteiger partial charge in [-0.1, -0.05) is 0 Å². The van der Waals surface area contributed by atoms with Crippen molar-refractivity contribution in [2.75, 3.05) is 18.5 Å². The predicted octanol–water partition coefficient (Wildman–Crippen LogP) is 2.85. The van der Waals surface area contributed by atoms with Crippen molar-refractivity contribution in [1.82, 2.24) is 5.32 Å². The Morgan fingerprint density at radius 1 is 1.26 bits per heavy atom. The summed E-state index contributed by atoms with van der Waals surface area (Å²) in [6.07, 6.45) is 3.44. The van der Waals surface area contributed by atoms with Crippen molar-refractivity contribution in [3.05, 3.63) is 28.0 Å². The maximum absolute atomic E-state index is 13.7. The molecular weight excluding hydrogens is 367 g/mol. The first kappa shape index (κ1) is 16.4. The van der Waals surface area contributed by atoms with Crippen molar-refractivity contribution in [2.24, 2.45) is 5.92 Å². The first-order valence-corrected chi connectivity index (χ1v) is 8.52. The van der Waals surface area contributed by atoms with Crippen molar-refractivity contribution < 1.29 is 18.7 Å². The molecule has 1 heterocycles. The summed E-state index contributed by atoms with van der Waals surface area (Å²) < 4.78 is 19.3. The lowest BCUT2D eigenvalue weighted by atomic mass is 10.0. The Bertz CT molecular complexity index is 628. The van der Waals surface area contributed by atoms with Crippen molar-refractivity contribution in [3.8, 4) is 0 Å². The van der Waals surface area contributed by atoms with Crippen LogP contribution in [-0.2, 0) is 9.53 Å². The lowest BCUT2D eigenvalue weighted by Crippen LogP contribution is -2.32. The summed E-state index contributed by atoms with van der Waals surface area (Å²) in [4.78, 5) is 24.7. The maximum atomic E-state index is 13.7. The van der Waals surface area contributed by atoms with E-state index in [1.165, 1.54) is 6.07 Å². The standard InChI is InChI=1S/C16H18BrFN2O3/c17-13-7-10(18)6-12(16(22)19-11-3-4-11)14(13)20-15(21)9-2-1-5-23-8-9/h6-7,9,11H,1-5,8H2,(H,19,22)(H,20,21). The van der Waals surface area contributed by atoms with Crippen molar-refractivity contribution in [1.29, 1.82) is 0 Å². The third-order valence-electron chi connectivity index (χ3n) is 3.99. The highest BCUT2D eigenvalue weighted by molar-refractivity contribution is 9.10. The molecule has 23 heavy (non-hydrogen) atoms. The largest absolute Gasteiger partial charge is 0.381 e. The molecule has 1 aromatic rings. The molecule has 2 N–H and O–H groups in total. The second kappa shape index (κ2) is 6.97. The second-order valence-corrected chi connectivity index (χ2v) is 6.82. The van der Waals surface area contributed by atoms with E-state index in [0.717, 1.165) is 31.7 Å². The van der Waals surface area contributed by atoms with Gasteiger partial charge in [0.25, 0.3) is 5.91 Å². The van der Waals surface area contributed by atoms with Crippen LogP contribution >= 0.6 is 15.9 Å². The van der Waals surface area contributed by atoms with E-state index in [1.807, 2.05) is 0 Å². The van der Waals surface area contributed by atoms with Crippen LogP contribution in [0.2, 0.25) is 0 Å². The van der Waals surface area contributed by atoms with Crippen LogP contribution in [0.1, 0.15) is 36.0 Å². The van der Waals surface area contributed by atoms with Gasteiger partial charge in [0, 0.05) is 17.1 Å². The molecule has 1 atom stereocenters. The molecule has 5 nitrogen and oxygen atoms in total. The smallest absolute Gasteiger partial charge is 0.253 e. The van der Waals surface area contributed by atoms with E-state index in [0.29, 0.717) is 23.4 Å². The summed E-state index contributed by atoms with van der Waals surface area (Å²) in [5.41, 5.74) is 0.439. The van der Waals surface area contributed by atoms with Gasteiger partial charge in [-0.3, -0.25) is 9.59 Å². The van der Waals surface area contributed by atoms with Gasteiger partial charge in [-0.25, -0.2) is 4.39 Å². The molecule has 2 fully saturated rings. The van der Waals surface area contributed by atoms with Gasteiger partial charge in [-0.15, -0.1) is 0 Å². The Labute approximate surface area is 142 Å². The molecule has 1 saturated carbocycles. The van der Waals surface area contributed by atoms with Gasteiger partial charge < -0.3 is 15.4 Å². The fraction of sp³-hybridized carbons (Fsp3) is 0.500. The van der Waals surface area contributed by atoms with E-state index in [-0.39, 0.29) is 29.3 Å². The minimum Gasteiger partial charge on any atom is -0.381 e. The zero-order chi connectivity index (χ0) is 16.4. The lowest BCUT2D eigenvalue weighted by molar-refractivity contribution is -0.123. The number of ether oxygens (including phenoxy) is 1. The Morgan fingerprint density at radius 2 is 2.04 bits per heavy atom. The zero-order valence-electron chi connectivity index (χ0n) is 12.5. The number of halogens is 2. The number of hydrogen-bond donors (Lipinski definition) is 2. The first-order valence-electron chi connectivity index (χ1n) is 7.73. The van der Waals surface area contributed by atoms with Gasteiger partial charge in [-0.05, 0) is 53.7 Å². The van der Waals surface area contributed by atoms with E-state index in [4.69, 9.17) is 4.74 Å². The summed E-state index contributed by atoms with van der Waals surface area (Å²) in [5, 5.41) is 5.57. The van der Waals surface area contributed by atoms with E-state index in [9.17, 15) is 14.0 Å². The van der Waals surface area contributed by atoms with E-state index in [2.05, 4.69) is 26.6 Å². The summed E-state index contributed by atoms with van der Waals surface area (Å²) in [6.45, 7) is 1.04. The highest BCUT2D eigenvalue weighted by atomic mass is 79.9. The molecule has 3 rings (SSSR count). The molecule has 1 unspecified atom stereocenters. The third kappa shape index (κ3) is 4.09. The summed E-state index contributed by atoms with van der Waals surface area (Å²) in [7, 11) is 0. The van der Waals surface area contributed by atoms with Gasteiger partial charge in [0.1, 0.15) is 5.82 Å². The average molecular weight is 385 g/mol. The van der Waals surface area contributed by atoms with Crippen LogP contribution in [0.4, 0.5) is 10.1 Å². The van der Waals surface area contributed by atoms with Crippen LogP contribution < -0.4 is 10.6 Å². The SMILES string of the molecule is O=C(NC1CC1)c1cc(F)cc(Br)c1NC(=O)C1CCCOC1. The molecule has 1 aliphatic carbocycles. The number of carbonyl (C=O) groups excluding carboxylic acids is 2. The summed E-state index contributed by atoms with van der Waals surface area (Å²) in [5.74, 6) is -1.36. The number of benzene rings is 1. The molecule has 0 aromatic heterocycles. The molecule has 2 aliphatic rings. The molecule has 1 saturated heterocycles. The monoisotopic (exact) mass is 384 g/mol. The lowest BCUT2D eigenvalue weighted by Gasteiger charge is -2.22. The van der Waals surface area contributed by atoms with Crippen LogP contribution in [-0.4, -0.2) is 31.1 Å². The normalized spacial score (nSPS) is 20.9. The molecule has 1 aromatic carbocycles. The second-order valence-electron chi connectivity index (χ2n) is 5.96. The zero-order valence-corrected chi connectivity index (χ0v) is 14.1. The van der Waals surface area contributed by atoms with Crippen LogP contribution in [0, 0.1) is 11.7 Å². The topological polar surface area (TPSA) is 67.4 Å². The molecule has 124 valence electrons. The maximum Gasteiger partial charge on any atom is 0.253 e. The Kier molecular flexibility index (Phi) is 4.96. The van der Waals surface area contributed by atoms with Crippen LogP contribution in [0.25, 0.3) is 0 Å². The number of amides is 2. The molecular formula is C16H18BrFN2O3. The van der Waals surface area contributed by atoms with Crippen molar-refractivity contribution in [3.63, 3.8) is 0 Å².